The predicted molar refractivity (Wildman–Crippen MR) is 186 cm³/mol. The quantitative estimate of drug-likeness (QED) is 0.164. The van der Waals surface area contributed by atoms with Gasteiger partial charge in [-0.05, 0) is 64.1 Å². The largest absolute Gasteiger partial charge is 0.467 e. The molecule has 2 aliphatic rings. The number of anilines is 1. The number of halogens is 2. The number of hydrogen-bond acceptors (Lipinski definition) is 7. The number of ether oxygens (including phenoxy) is 2. The Morgan fingerprint density at radius 2 is 1.62 bits per heavy atom. The molecule has 1 aliphatic carbocycles. The normalized spacial score (nSPS) is 15.2. The molecule has 0 spiro atoms. The molecule has 6 rings (SSSR count). The van der Waals surface area contributed by atoms with Gasteiger partial charge in [0.2, 0.25) is 5.91 Å². The fourth-order valence-electron chi connectivity index (χ4n) is 5.89. The first-order valence-corrected chi connectivity index (χ1v) is 17.1. The van der Waals surface area contributed by atoms with Gasteiger partial charge in [0, 0.05) is 17.9 Å². The molecule has 3 amide bonds. The van der Waals surface area contributed by atoms with Gasteiger partial charge in [0.25, 0.3) is 5.91 Å². The highest BCUT2D eigenvalue weighted by molar-refractivity contribution is 7.99. The van der Waals surface area contributed by atoms with E-state index < -0.39 is 36.0 Å². The summed E-state index contributed by atoms with van der Waals surface area (Å²) in [4.78, 5) is 53.5. The van der Waals surface area contributed by atoms with Crippen LogP contribution in [-0.4, -0.2) is 59.6 Å². The molecule has 0 bridgehead atoms. The smallest absolute Gasteiger partial charge is 0.411 e. The number of esters is 1. The highest BCUT2D eigenvalue weighted by atomic mass is 35.5. The van der Waals surface area contributed by atoms with Crippen molar-refractivity contribution in [3.8, 4) is 11.1 Å². The van der Waals surface area contributed by atoms with Crippen LogP contribution in [0.25, 0.3) is 11.1 Å². The summed E-state index contributed by atoms with van der Waals surface area (Å²) in [7, 11) is 1.24. The number of hydrogen-bond donors (Lipinski definition) is 2. The molecular weight excluding hydrogens is 673 g/mol. The molecule has 2 N–H and O–H groups in total. The standard InChI is InChI=1S/C36H31Cl2N3O6S/c1-46-35(44)30(16-21-12-14-24(15-13-21)39-34(43)32-28(37)10-5-11-29(32)38)40-33(42)31-19-48-20-41(31)36(45)47-18-23-7-4-9-26-25-8-3-2-6-22(25)17-27(23)26/h2-15,30-31H,16-20H2,1H3,(H,39,43)(H,40,42)/t30-,31+/m0/s1. The Morgan fingerprint density at radius 3 is 2.38 bits per heavy atom. The van der Waals surface area contributed by atoms with Crippen molar-refractivity contribution in [1.29, 1.82) is 0 Å². The second kappa shape index (κ2) is 14.7. The molecule has 0 radical (unpaired) electrons. The Hall–Kier alpha value is -4.51. The molecule has 9 nitrogen and oxygen atoms in total. The summed E-state index contributed by atoms with van der Waals surface area (Å²) in [6.45, 7) is 0.0815. The zero-order chi connectivity index (χ0) is 33.8. The lowest BCUT2D eigenvalue weighted by Gasteiger charge is -2.25. The van der Waals surface area contributed by atoms with Crippen molar-refractivity contribution in [3.05, 3.63) is 123 Å². The minimum atomic E-state index is -1.01. The fraction of sp³-hybridized carbons (Fsp3) is 0.222. The Morgan fingerprint density at radius 1 is 0.917 bits per heavy atom. The Labute approximate surface area is 291 Å². The van der Waals surface area contributed by atoms with Crippen molar-refractivity contribution in [2.24, 2.45) is 0 Å². The Balaban J connectivity index is 1.07. The van der Waals surface area contributed by atoms with Gasteiger partial charge in [0.1, 0.15) is 18.7 Å². The first kappa shape index (κ1) is 33.4. The minimum absolute atomic E-state index is 0.0815. The van der Waals surface area contributed by atoms with Gasteiger partial charge in [0.05, 0.1) is 28.6 Å². The number of carbonyl (C=O) groups is 4. The third-order valence-corrected chi connectivity index (χ3v) is 10.0. The van der Waals surface area contributed by atoms with Gasteiger partial charge in [-0.1, -0.05) is 83.9 Å². The van der Waals surface area contributed by atoms with Gasteiger partial charge in [-0.3, -0.25) is 14.5 Å². The lowest BCUT2D eigenvalue weighted by atomic mass is 10.0. The van der Waals surface area contributed by atoms with Gasteiger partial charge in [-0.2, -0.15) is 0 Å². The topological polar surface area (TPSA) is 114 Å². The van der Waals surface area contributed by atoms with E-state index in [1.807, 2.05) is 24.3 Å². The number of benzene rings is 4. The van der Waals surface area contributed by atoms with Crippen LogP contribution in [0.2, 0.25) is 10.0 Å². The maximum atomic E-state index is 13.4. The molecule has 0 aromatic heterocycles. The van der Waals surface area contributed by atoms with Crippen LogP contribution in [0, 0.1) is 0 Å². The van der Waals surface area contributed by atoms with Crippen molar-refractivity contribution < 1.29 is 28.7 Å². The average molecular weight is 705 g/mol. The molecule has 1 aliphatic heterocycles. The third kappa shape index (κ3) is 7.16. The molecule has 1 saturated heterocycles. The Kier molecular flexibility index (Phi) is 10.2. The zero-order valence-electron chi connectivity index (χ0n) is 25.8. The lowest BCUT2D eigenvalue weighted by molar-refractivity contribution is -0.145. The van der Waals surface area contributed by atoms with Gasteiger partial charge in [0.15, 0.2) is 0 Å². The van der Waals surface area contributed by atoms with Crippen molar-refractivity contribution in [3.63, 3.8) is 0 Å². The molecule has 12 heteroatoms. The van der Waals surface area contributed by atoms with E-state index in [0.717, 1.165) is 23.1 Å². The van der Waals surface area contributed by atoms with Gasteiger partial charge >= 0.3 is 12.1 Å². The van der Waals surface area contributed by atoms with E-state index in [1.54, 1.807) is 42.5 Å². The average Bonchev–Trinajstić information content (AvgIpc) is 3.73. The van der Waals surface area contributed by atoms with E-state index in [2.05, 4.69) is 28.8 Å². The number of fused-ring (bicyclic) bond motifs is 3. The molecule has 2 atom stereocenters. The number of methoxy groups -OCH3 is 1. The summed E-state index contributed by atoms with van der Waals surface area (Å²) < 4.78 is 10.7. The van der Waals surface area contributed by atoms with Crippen LogP contribution in [0.4, 0.5) is 10.5 Å². The number of nitrogens with one attached hydrogen (secondary N) is 2. The summed E-state index contributed by atoms with van der Waals surface area (Å²) in [5.41, 5.74) is 6.98. The fourth-order valence-corrected chi connectivity index (χ4v) is 7.60. The molecule has 1 fully saturated rings. The van der Waals surface area contributed by atoms with E-state index in [-0.39, 0.29) is 34.5 Å². The van der Waals surface area contributed by atoms with Crippen LogP contribution >= 0.6 is 35.0 Å². The van der Waals surface area contributed by atoms with Crippen molar-refractivity contribution in [1.82, 2.24) is 10.2 Å². The Bertz CT molecular complexity index is 1870. The number of thioether (sulfide) groups is 1. The maximum absolute atomic E-state index is 13.4. The van der Waals surface area contributed by atoms with Gasteiger partial charge in [-0.25, -0.2) is 9.59 Å². The van der Waals surface area contributed by atoms with Crippen molar-refractivity contribution in [2.45, 2.75) is 31.5 Å². The van der Waals surface area contributed by atoms with E-state index >= 15 is 0 Å². The number of nitrogens with zero attached hydrogens (tertiary/aromatic N) is 1. The molecular formula is C36H31Cl2N3O6S. The van der Waals surface area contributed by atoms with E-state index in [1.165, 1.54) is 34.9 Å². The van der Waals surface area contributed by atoms with Gasteiger partial charge < -0.3 is 20.1 Å². The summed E-state index contributed by atoms with van der Waals surface area (Å²) in [6, 6.07) is 24.0. The predicted octanol–water partition coefficient (Wildman–Crippen LogP) is 6.73. The monoisotopic (exact) mass is 703 g/mol. The van der Waals surface area contributed by atoms with Crippen LogP contribution in [-0.2, 0) is 38.5 Å². The second-order valence-corrected chi connectivity index (χ2v) is 13.2. The maximum Gasteiger partial charge on any atom is 0.411 e. The molecule has 48 heavy (non-hydrogen) atoms. The molecule has 0 unspecified atom stereocenters. The van der Waals surface area contributed by atoms with E-state index in [4.69, 9.17) is 32.7 Å². The lowest BCUT2D eigenvalue weighted by Crippen LogP contribution is -2.52. The third-order valence-electron chi connectivity index (χ3n) is 8.36. The first-order valence-electron chi connectivity index (χ1n) is 15.2. The summed E-state index contributed by atoms with van der Waals surface area (Å²) in [5.74, 6) is -0.940. The number of rotatable bonds is 9. The summed E-state index contributed by atoms with van der Waals surface area (Å²) in [5, 5.41) is 5.98. The first-order chi connectivity index (χ1) is 23.2. The second-order valence-electron chi connectivity index (χ2n) is 11.4. The molecule has 246 valence electrons. The minimum Gasteiger partial charge on any atom is -0.467 e. The number of amides is 3. The van der Waals surface area contributed by atoms with Crippen molar-refractivity contribution >= 4 is 64.5 Å². The molecule has 4 aromatic rings. The van der Waals surface area contributed by atoms with Crippen LogP contribution < -0.4 is 10.6 Å². The van der Waals surface area contributed by atoms with Crippen LogP contribution in [0.3, 0.4) is 0 Å². The van der Waals surface area contributed by atoms with Crippen LogP contribution in [0.15, 0.2) is 84.9 Å². The van der Waals surface area contributed by atoms with Crippen molar-refractivity contribution in [2.75, 3.05) is 24.1 Å². The molecule has 1 heterocycles. The van der Waals surface area contributed by atoms with E-state index in [0.29, 0.717) is 17.0 Å². The van der Waals surface area contributed by atoms with E-state index in [9.17, 15) is 19.2 Å². The van der Waals surface area contributed by atoms with Gasteiger partial charge in [-0.15, -0.1) is 11.8 Å². The SMILES string of the molecule is COC(=O)[C@H](Cc1ccc(NC(=O)c2c(Cl)cccc2Cl)cc1)NC(=O)[C@H]1CSCN1C(=O)OCc1cccc2c1Cc1ccccc1-2. The summed E-state index contributed by atoms with van der Waals surface area (Å²) >= 11 is 13.7. The zero-order valence-corrected chi connectivity index (χ0v) is 28.2. The van der Waals surface area contributed by atoms with Crippen LogP contribution in [0.5, 0.6) is 0 Å². The summed E-state index contributed by atoms with van der Waals surface area (Å²) in [6.07, 6.45) is 0.293. The highest BCUT2D eigenvalue weighted by Crippen LogP contribution is 2.38. The van der Waals surface area contributed by atoms with Crippen LogP contribution in [0.1, 0.15) is 32.6 Å². The highest BCUT2D eigenvalue weighted by Gasteiger charge is 2.38. The number of carbonyl (C=O) groups excluding carboxylic acids is 4. The molecule has 0 saturated carbocycles. The molecule has 4 aromatic carbocycles.